The molecule has 3 rings (SSSR count). The monoisotopic (exact) mass is 268 g/mol. The normalized spacial score (nSPS) is 10.7. The van der Waals surface area contributed by atoms with E-state index in [-0.39, 0.29) is 0 Å². The SMILES string of the molecule is Cc1c(-c2ccncc2)cn2cnc(NC(=O)O)cc12. The minimum atomic E-state index is -1.12. The predicted molar refractivity (Wildman–Crippen MR) is 74.8 cm³/mol. The number of nitrogens with zero attached hydrogens (tertiary/aromatic N) is 3. The summed E-state index contributed by atoms with van der Waals surface area (Å²) >= 11 is 0. The lowest BCUT2D eigenvalue weighted by atomic mass is 10.1. The number of pyridine rings is 1. The third-order valence-electron chi connectivity index (χ3n) is 3.16. The van der Waals surface area contributed by atoms with Gasteiger partial charge in [0.1, 0.15) is 12.1 Å². The zero-order valence-electron chi connectivity index (χ0n) is 10.7. The van der Waals surface area contributed by atoms with E-state index in [9.17, 15) is 4.79 Å². The molecule has 100 valence electrons. The van der Waals surface area contributed by atoms with Crippen LogP contribution >= 0.6 is 0 Å². The Kier molecular flexibility index (Phi) is 2.83. The molecule has 0 radical (unpaired) electrons. The largest absolute Gasteiger partial charge is 0.465 e. The minimum absolute atomic E-state index is 0.312. The van der Waals surface area contributed by atoms with Crippen LogP contribution in [-0.2, 0) is 0 Å². The average Bonchev–Trinajstić information content (AvgIpc) is 2.76. The molecule has 6 heteroatoms. The number of nitrogens with one attached hydrogen (secondary N) is 1. The third kappa shape index (κ3) is 2.07. The summed E-state index contributed by atoms with van der Waals surface area (Å²) < 4.78 is 1.87. The Labute approximate surface area is 114 Å². The van der Waals surface area contributed by atoms with Gasteiger partial charge in [0.15, 0.2) is 0 Å². The molecule has 0 bridgehead atoms. The Hall–Kier alpha value is -2.89. The summed E-state index contributed by atoms with van der Waals surface area (Å²) in [6, 6.07) is 5.59. The number of amides is 1. The van der Waals surface area contributed by atoms with Crippen LogP contribution in [-0.4, -0.2) is 25.6 Å². The molecular weight excluding hydrogens is 256 g/mol. The summed E-state index contributed by atoms with van der Waals surface area (Å²) in [4.78, 5) is 18.7. The first kappa shape index (κ1) is 12.2. The van der Waals surface area contributed by atoms with Crippen molar-refractivity contribution in [1.82, 2.24) is 14.4 Å². The maximum atomic E-state index is 10.7. The second-order valence-electron chi connectivity index (χ2n) is 4.40. The molecule has 3 aromatic heterocycles. The molecule has 0 spiro atoms. The van der Waals surface area contributed by atoms with Crippen LogP contribution in [0.15, 0.2) is 43.1 Å². The van der Waals surface area contributed by atoms with Crippen molar-refractivity contribution in [2.24, 2.45) is 0 Å². The lowest BCUT2D eigenvalue weighted by molar-refractivity contribution is 0.209. The molecule has 0 unspecified atom stereocenters. The fraction of sp³-hybridized carbons (Fsp3) is 0.0714. The van der Waals surface area contributed by atoms with Gasteiger partial charge < -0.3 is 9.51 Å². The molecule has 1 amide bonds. The van der Waals surface area contributed by atoms with Crippen molar-refractivity contribution in [2.75, 3.05) is 5.32 Å². The number of carboxylic acid groups (broad SMARTS) is 1. The lowest BCUT2D eigenvalue weighted by Crippen LogP contribution is -2.08. The van der Waals surface area contributed by atoms with E-state index in [0.717, 1.165) is 22.2 Å². The highest BCUT2D eigenvalue weighted by atomic mass is 16.4. The zero-order valence-corrected chi connectivity index (χ0v) is 10.7. The van der Waals surface area contributed by atoms with Crippen LogP contribution in [0.1, 0.15) is 5.56 Å². The van der Waals surface area contributed by atoms with Crippen LogP contribution in [0.4, 0.5) is 10.6 Å². The molecule has 6 nitrogen and oxygen atoms in total. The fourth-order valence-corrected chi connectivity index (χ4v) is 2.21. The standard InChI is InChI=1S/C14H12N4O2/c1-9-11(10-2-4-15-5-3-10)7-18-8-16-13(6-12(9)18)17-14(19)20/h2-8,17H,1H3,(H,19,20). The molecule has 0 aliphatic rings. The molecule has 0 aromatic carbocycles. The number of aromatic nitrogens is 3. The summed E-state index contributed by atoms with van der Waals surface area (Å²) in [6.45, 7) is 2.00. The predicted octanol–water partition coefficient (Wildman–Crippen LogP) is 2.79. The van der Waals surface area contributed by atoms with E-state index in [1.165, 1.54) is 0 Å². The molecule has 0 saturated carbocycles. The molecular formula is C14H12N4O2. The second kappa shape index (κ2) is 4.65. The Morgan fingerprint density at radius 3 is 2.80 bits per heavy atom. The quantitative estimate of drug-likeness (QED) is 0.749. The zero-order chi connectivity index (χ0) is 14.1. The molecule has 3 heterocycles. The summed E-state index contributed by atoms with van der Waals surface area (Å²) in [5, 5.41) is 11.0. The summed E-state index contributed by atoms with van der Waals surface area (Å²) in [6.07, 6.45) is 5.93. The molecule has 0 saturated heterocycles. The van der Waals surface area contributed by atoms with Crippen LogP contribution in [0.2, 0.25) is 0 Å². The maximum absolute atomic E-state index is 10.7. The van der Waals surface area contributed by atoms with Gasteiger partial charge in [0.25, 0.3) is 0 Å². The maximum Gasteiger partial charge on any atom is 0.410 e. The van der Waals surface area contributed by atoms with Crippen LogP contribution in [0, 0.1) is 6.92 Å². The first-order valence-electron chi connectivity index (χ1n) is 6.03. The minimum Gasteiger partial charge on any atom is -0.465 e. The molecule has 0 atom stereocenters. The van der Waals surface area contributed by atoms with E-state index in [4.69, 9.17) is 5.11 Å². The highest BCUT2D eigenvalue weighted by Gasteiger charge is 2.10. The molecule has 0 fully saturated rings. The van der Waals surface area contributed by atoms with Gasteiger partial charge in [-0.25, -0.2) is 9.78 Å². The second-order valence-corrected chi connectivity index (χ2v) is 4.40. The van der Waals surface area contributed by atoms with E-state index in [1.807, 2.05) is 29.7 Å². The summed E-state index contributed by atoms with van der Waals surface area (Å²) in [5.74, 6) is 0.312. The number of fused-ring (bicyclic) bond motifs is 1. The van der Waals surface area contributed by atoms with Crippen LogP contribution < -0.4 is 5.32 Å². The van der Waals surface area contributed by atoms with Crippen LogP contribution in [0.3, 0.4) is 0 Å². The van der Waals surface area contributed by atoms with Gasteiger partial charge >= 0.3 is 6.09 Å². The van der Waals surface area contributed by atoms with E-state index < -0.39 is 6.09 Å². The van der Waals surface area contributed by atoms with Crippen molar-refractivity contribution in [3.05, 3.63) is 48.7 Å². The van der Waals surface area contributed by atoms with Crippen molar-refractivity contribution in [1.29, 1.82) is 0 Å². The van der Waals surface area contributed by atoms with Gasteiger partial charge in [0.05, 0.1) is 5.52 Å². The Balaban J connectivity index is 2.13. The molecule has 2 N–H and O–H groups in total. The summed E-state index contributed by atoms with van der Waals surface area (Å²) in [7, 11) is 0. The number of carbonyl (C=O) groups is 1. The highest BCUT2D eigenvalue weighted by molar-refractivity contribution is 5.84. The van der Waals surface area contributed by atoms with Crippen LogP contribution in [0.5, 0.6) is 0 Å². The van der Waals surface area contributed by atoms with Gasteiger partial charge in [-0.1, -0.05) is 0 Å². The van der Waals surface area contributed by atoms with Crippen molar-refractivity contribution < 1.29 is 9.90 Å². The van der Waals surface area contributed by atoms with Gasteiger partial charge in [0.2, 0.25) is 0 Å². The number of rotatable bonds is 2. The molecule has 0 aliphatic heterocycles. The first-order chi connectivity index (χ1) is 9.65. The van der Waals surface area contributed by atoms with Crippen molar-refractivity contribution in [2.45, 2.75) is 6.92 Å². The fourth-order valence-electron chi connectivity index (χ4n) is 2.21. The smallest absolute Gasteiger partial charge is 0.410 e. The van der Waals surface area contributed by atoms with Crippen molar-refractivity contribution in [3.8, 4) is 11.1 Å². The van der Waals surface area contributed by atoms with E-state index in [2.05, 4.69) is 15.3 Å². The number of anilines is 1. The van der Waals surface area contributed by atoms with E-state index in [0.29, 0.717) is 5.82 Å². The molecule has 20 heavy (non-hydrogen) atoms. The Bertz CT molecular complexity index is 780. The van der Waals surface area contributed by atoms with Gasteiger partial charge in [-0.05, 0) is 30.2 Å². The summed E-state index contributed by atoms with van der Waals surface area (Å²) in [5.41, 5.74) is 4.11. The van der Waals surface area contributed by atoms with Gasteiger partial charge in [-0.3, -0.25) is 10.3 Å². The molecule has 0 aliphatic carbocycles. The van der Waals surface area contributed by atoms with Gasteiger partial charge in [-0.2, -0.15) is 0 Å². The Morgan fingerprint density at radius 1 is 1.35 bits per heavy atom. The lowest BCUT2D eigenvalue weighted by Gasteiger charge is -2.01. The average molecular weight is 268 g/mol. The van der Waals surface area contributed by atoms with Gasteiger partial charge in [-0.15, -0.1) is 0 Å². The van der Waals surface area contributed by atoms with Crippen molar-refractivity contribution in [3.63, 3.8) is 0 Å². The number of aryl methyl sites for hydroxylation is 1. The topological polar surface area (TPSA) is 79.5 Å². The number of hydrogen-bond acceptors (Lipinski definition) is 3. The Morgan fingerprint density at radius 2 is 2.10 bits per heavy atom. The van der Waals surface area contributed by atoms with E-state index >= 15 is 0 Å². The first-order valence-corrected chi connectivity index (χ1v) is 6.03. The van der Waals surface area contributed by atoms with Crippen LogP contribution in [0.25, 0.3) is 16.6 Å². The van der Waals surface area contributed by atoms with Crippen molar-refractivity contribution >= 4 is 17.4 Å². The number of hydrogen-bond donors (Lipinski definition) is 2. The molecule has 3 aromatic rings. The van der Waals surface area contributed by atoms with Gasteiger partial charge in [0, 0.05) is 30.2 Å². The van der Waals surface area contributed by atoms with E-state index in [1.54, 1.807) is 24.8 Å². The third-order valence-corrected chi connectivity index (χ3v) is 3.16. The highest BCUT2D eigenvalue weighted by Crippen LogP contribution is 2.28.